The normalized spacial score (nSPS) is 24.9. The molecule has 0 aliphatic carbocycles. The van der Waals surface area contributed by atoms with Gasteiger partial charge in [0.2, 0.25) is 0 Å². The first-order chi connectivity index (χ1) is 12.2. The van der Waals surface area contributed by atoms with Crippen LogP contribution in [0.15, 0.2) is 30.8 Å². The fourth-order valence-electron chi connectivity index (χ4n) is 5.05. The van der Waals surface area contributed by atoms with Gasteiger partial charge in [-0.25, -0.2) is 4.94 Å². The van der Waals surface area contributed by atoms with Crippen LogP contribution in [-0.2, 0) is 10.5 Å². The van der Waals surface area contributed by atoms with Gasteiger partial charge in [-0.2, -0.15) is 10.5 Å². The summed E-state index contributed by atoms with van der Waals surface area (Å²) in [5.41, 5.74) is 6.95. The number of rotatable bonds is 3. The fraction of sp³-hybridized carbons (Fsp3) is 0.600. The van der Waals surface area contributed by atoms with Gasteiger partial charge in [0.25, 0.3) is 0 Å². The molecule has 0 aromatic heterocycles. The van der Waals surface area contributed by atoms with Crippen molar-refractivity contribution in [3.05, 3.63) is 42.0 Å². The quantitative estimate of drug-likeness (QED) is 0.853. The van der Waals surface area contributed by atoms with Gasteiger partial charge >= 0.3 is 0 Å². The molecule has 0 amide bonds. The summed E-state index contributed by atoms with van der Waals surface area (Å²) in [6, 6.07) is 9.54. The summed E-state index contributed by atoms with van der Waals surface area (Å²) >= 11 is 0. The van der Waals surface area contributed by atoms with Gasteiger partial charge in [-0.15, -0.1) is 0 Å². The van der Waals surface area contributed by atoms with Crippen molar-refractivity contribution in [2.45, 2.75) is 37.3 Å². The molecule has 5 nitrogen and oxygen atoms in total. The van der Waals surface area contributed by atoms with Crippen molar-refractivity contribution in [3.8, 4) is 0 Å². The number of piperidine rings is 2. The van der Waals surface area contributed by atoms with Crippen LogP contribution in [0.2, 0.25) is 0 Å². The molecule has 1 N–H and O–H groups in total. The molecule has 2 fully saturated rings. The van der Waals surface area contributed by atoms with E-state index in [9.17, 15) is 0 Å². The van der Waals surface area contributed by atoms with Crippen molar-refractivity contribution in [2.75, 3.05) is 40.3 Å². The zero-order valence-electron chi connectivity index (χ0n) is 15.5. The van der Waals surface area contributed by atoms with Crippen LogP contribution in [0.25, 0.3) is 5.70 Å². The lowest BCUT2D eigenvalue weighted by molar-refractivity contribution is -0.217. The molecular weight excluding hydrogens is 312 g/mol. The van der Waals surface area contributed by atoms with Crippen LogP contribution < -0.4 is 5.48 Å². The van der Waals surface area contributed by atoms with Crippen LogP contribution in [0.4, 0.5) is 0 Å². The van der Waals surface area contributed by atoms with E-state index in [0.717, 1.165) is 13.1 Å². The van der Waals surface area contributed by atoms with Crippen LogP contribution in [-0.4, -0.2) is 61.2 Å². The van der Waals surface area contributed by atoms with Crippen LogP contribution in [0.1, 0.15) is 36.8 Å². The molecule has 0 atom stereocenters. The summed E-state index contributed by atoms with van der Waals surface area (Å²) in [6.07, 6.45) is 4.75. The van der Waals surface area contributed by atoms with E-state index in [1.54, 1.807) is 0 Å². The number of hydrogen-bond acceptors (Lipinski definition) is 5. The van der Waals surface area contributed by atoms with Crippen molar-refractivity contribution in [1.29, 1.82) is 0 Å². The van der Waals surface area contributed by atoms with Gasteiger partial charge in [0.15, 0.2) is 0 Å². The van der Waals surface area contributed by atoms with Gasteiger partial charge in [0.05, 0.1) is 5.54 Å². The summed E-state index contributed by atoms with van der Waals surface area (Å²) in [5, 5.41) is 2.03. The second-order valence-corrected chi connectivity index (χ2v) is 7.57. The number of hydrogen-bond donors (Lipinski definition) is 1. The summed E-state index contributed by atoms with van der Waals surface area (Å²) in [5.74, 6) is 0. The van der Waals surface area contributed by atoms with Gasteiger partial charge in [-0.1, -0.05) is 30.8 Å². The lowest BCUT2D eigenvalue weighted by Crippen LogP contribution is -2.53. The van der Waals surface area contributed by atoms with Crippen LogP contribution in [0, 0.1) is 0 Å². The van der Waals surface area contributed by atoms with Gasteiger partial charge in [0.1, 0.15) is 0 Å². The molecule has 3 heterocycles. The molecular formula is C20H30N4O. The Labute approximate surface area is 151 Å². The molecule has 4 rings (SSSR count). The molecule has 1 aromatic rings. The Kier molecular flexibility index (Phi) is 4.58. The summed E-state index contributed by atoms with van der Waals surface area (Å²) in [7, 11) is 4.05. The summed E-state index contributed by atoms with van der Waals surface area (Å²) in [4.78, 5) is 10.6. The minimum Gasteiger partial charge on any atom is -0.365 e. The first-order valence-corrected chi connectivity index (χ1v) is 9.51. The lowest BCUT2D eigenvalue weighted by atomic mass is 9.80. The van der Waals surface area contributed by atoms with Crippen LogP contribution >= 0.6 is 0 Å². The Morgan fingerprint density at radius 2 is 1.80 bits per heavy atom. The smallest absolute Gasteiger partial charge is 0.0681 e. The van der Waals surface area contributed by atoms with E-state index >= 15 is 0 Å². The van der Waals surface area contributed by atoms with Crippen LogP contribution in [0.3, 0.4) is 0 Å². The van der Waals surface area contributed by atoms with Gasteiger partial charge in [-0.05, 0) is 31.2 Å². The Balaban J connectivity index is 1.43. The van der Waals surface area contributed by atoms with Crippen molar-refractivity contribution < 1.29 is 4.94 Å². The standard InChI is InChI=1S/C20H30N4O/c1-16-18-6-4-5-7-19(18)20(22(16)3)10-14-23(15-11-20)17-8-12-24(13-9-17)25-21-2/h4-7,17,21H,1,8-15H2,2-3H3. The van der Waals surface area contributed by atoms with Gasteiger partial charge < -0.3 is 9.80 Å². The van der Waals surface area contributed by atoms with Crippen molar-refractivity contribution in [1.82, 2.24) is 20.3 Å². The number of benzene rings is 1. The molecule has 5 heteroatoms. The van der Waals surface area contributed by atoms with Crippen LogP contribution in [0.5, 0.6) is 0 Å². The highest BCUT2D eigenvalue weighted by molar-refractivity contribution is 5.72. The summed E-state index contributed by atoms with van der Waals surface area (Å²) in [6.45, 7) is 8.70. The Hall–Kier alpha value is -1.40. The van der Waals surface area contributed by atoms with E-state index in [1.807, 2.05) is 12.1 Å². The average molecular weight is 342 g/mol. The number of nitrogens with one attached hydrogen (secondary N) is 1. The number of likely N-dealkylation sites (tertiary alicyclic amines) is 1. The molecule has 0 radical (unpaired) electrons. The molecule has 2 saturated heterocycles. The third-order valence-electron chi connectivity index (χ3n) is 6.57. The average Bonchev–Trinajstić information content (AvgIpc) is 2.86. The highest BCUT2D eigenvalue weighted by Crippen LogP contribution is 2.49. The van der Waals surface area contributed by atoms with E-state index in [1.165, 1.54) is 55.6 Å². The maximum Gasteiger partial charge on any atom is 0.0681 e. The van der Waals surface area contributed by atoms with Crippen molar-refractivity contribution in [2.24, 2.45) is 0 Å². The van der Waals surface area contributed by atoms with Crippen molar-refractivity contribution in [3.63, 3.8) is 0 Å². The highest BCUT2D eigenvalue weighted by Gasteiger charge is 2.47. The van der Waals surface area contributed by atoms with Crippen molar-refractivity contribution >= 4 is 5.70 Å². The predicted octanol–water partition coefficient (Wildman–Crippen LogP) is 2.42. The molecule has 136 valence electrons. The SMILES string of the molecule is C=C1c2ccccc2C2(CCN(C3CCN(ONC)CC3)CC2)N1C. The topological polar surface area (TPSA) is 31.0 Å². The van der Waals surface area contributed by atoms with Gasteiger partial charge in [-0.3, -0.25) is 0 Å². The van der Waals surface area contributed by atoms with E-state index < -0.39 is 0 Å². The third kappa shape index (κ3) is 2.79. The van der Waals surface area contributed by atoms with E-state index in [-0.39, 0.29) is 5.54 Å². The number of fused-ring (bicyclic) bond motifs is 2. The molecule has 0 bridgehead atoms. The number of nitrogens with zero attached hydrogens (tertiary/aromatic N) is 3. The number of hydroxylamine groups is 3. The maximum atomic E-state index is 5.41. The third-order valence-corrected chi connectivity index (χ3v) is 6.57. The Morgan fingerprint density at radius 1 is 1.12 bits per heavy atom. The zero-order chi connectivity index (χ0) is 17.4. The molecule has 0 saturated carbocycles. The summed E-state index contributed by atoms with van der Waals surface area (Å²) < 4.78 is 0. The second-order valence-electron chi connectivity index (χ2n) is 7.57. The highest BCUT2D eigenvalue weighted by atomic mass is 16.8. The predicted molar refractivity (Wildman–Crippen MR) is 100 cm³/mol. The Morgan fingerprint density at radius 3 is 2.48 bits per heavy atom. The minimum absolute atomic E-state index is 0.153. The lowest BCUT2D eigenvalue weighted by Gasteiger charge is -2.48. The maximum absolute atomic E-state index is 5.41. The first-order valence-electron chi connectivity index (χ1n) is 9.51. The molecule has 1 spiro atoms. The van der Waals surface area contributed by atoms with E-state index in [0.29, 0.717) is 6.04 Å². The Bertz CT molecular complexity index is 630. The van der Waals surface area contributed by atoms with Gasteiger partial charge in [0, 0.05) is 57.6 Å². The zero-order valence-corrected chi connectivity index (χ0v) is 15.5. The molecule has 3 aliphatic rings. The molecule has 0 unspecified atom stereocenters. The first kappa shape index (κ1) is 17.0. The molecule has 3 aliphatic heterocycles. The monoisotopic (exact) mass is 342 g/mol. The largest absolute Gasteiger partial charge is 0.365 e. The second kappa shape index (κ2) is 6.72. The fourth-order valence-corrected chi connectivity index (χ4v) is 5.05. The molecule has 25 heavy (non-hydrogen) atoms. The van der Waals surface area contributed by atoms with E-state index in [2.05, 4.69) is 53.2 Å². The minimum atomic E-state index is 0.153. The van der Waals surface area contributed by atoms with E-state index in [4.69, 9.17) is 4.94 Å². The molecule has 1 aromatic carbocycles.